The highest BCUT2D eigenvalue weighted by molar-refractivity contribution is 9.10. The van der Waals surface area contributed by atoms with Crippen LogP contribution < -0.4 is 4.74 Å². The summed E-state index contributed by atoms with van der Waals surface area (Å²) in [5.41, 5.74) is 1.07. The topological polar surface area (TPSA) is 9.23 Å². The van der Waals surface area contributed by atoms with Crippen molar-refractivity contribution in [3.05, 3.63) is 62.5 Å². The van der Waals surface area contributed by atoms with Crippen LogP contribution in [0.15, 0.2) is 46.9 Å². The zero-order valence-corrected chi connectivity index (χ0v) is 11.9. The lowest BCUT2D eigenvalue weighted by molar-refractivity contribution is 0.306. The maximum absolute atomic E-state index is 6.11. The van der Waals surface area contributed by atoms with Gasteiger partial charge < -0.3 is 4.74 Å². The Bertz CT molecular complexity index is 514. The summed E-state index contributed by atoms with van der Waals surface area (Å²) in [5.74, 6) is 0.506. The van der Waals surface area contributed by atoms with Gasteiger partial charge in [-0.15, -0.1) is 0 Å². The molecule has 0 spiro atoms. The van der Waals surface area contributed by atoms with Crippen molar-refractivity contribution in [2.45, 2.75) is 6.61 Å². The SMILES string of the molecule is Clc1ccc(Br)c(Cl)c1OCc1ccccc1. The van der Waals surface area contributed by atoms with Gasteiger partial charge in [0.1, 0.15) is 6.61 Å². The minimum atomic E-state index is 0.441. The molecule has 1 nitrogen and oxygen atoms in total. The minimum absolute atomic E-state index is 0.441. The van der Waals surface area contributed by atoms with E-state index in [1.165, 1.54) is 0 Å². The quantitative estimate of drug-likeness (QED) is 0.690. The Morgan fingerprint density at radius 2 is 1.71 bits per heavy atom. The summed E-state index contributed by atoms with van der Waals surface area (Å²) in [4.78, 5) is 0. The van der Waals surface area contributed by atoms with E-state index in [1.807, 2.05) is 30.3 Å². The average molecular weight is 332 g/mol. The molecule has 2 rings (SSSR count). The first-order valence-electron chi connectivity index (χ1n) is 4.98. The molecule has 0 fully saturated rings. The molecule has 0 saturated heterocycles. The van der Waals surface area contributed by atoms with Crippen molar-refractivity contribution in [3.8, 4) is 5.75 Å². The summed E-state index contributed by atoms with van der Waals surface area (Å²) in [6.45, 7) is 0.441. The van der Waals surface area contributed by atoms with Gasteiger partial charge in [-0.1, -0.05) is 53.5 Å². The van der Waals surface area contributed by atoms with Gasteiger partial charge in [-0.05, 0) is 33.6 Å². The van der Waals surface area contributed by atoms with Crippen LogP contribution in [0.3, 0.4) is 0 Å². The molecular formula is C13H9BrCl2O. The fourth-order valence-electron chi connectivity index (χ4n) is 1.37. The fraction of sp³-hybridized carbons (Fsp3) is 0.0769. The van der Waals surface area contributed by atoms with Crippen LogP contribution in [0.2, 0.25) is 10.0 Å². The van der Waals surface area contributed by atoms with Crippen LogP contribution in [-0.2, 0) is 6.61 Å². The molecule has 0 saturated carbocycles. The van der Waals surface area contributed by atoms with E-state index in [0.717, 1.165) is 10.0 Å². The fourth-order valence-corrected chi connectivity index (χ4v) is 2.16. The average Bonchev–Trinajstić information content (AvgIpc) is 2.35. The molecule has 0 radical (unpaired) electrons. The van der Waals surface area contributed by atoms with E-state index in [1.54, 1.807) is 12.1 Å². The molecule has 0 atom stereocenters. The molecule has 0 amide bonds. The van der Waals surface area contributed by atoms with E-state index in [-0.39, 0.29) is 0 Å². The van der Waals surface area contributed by atoms with Crippen molar-refractivity contribution in [3.63, 3.8) is 0 Å². The molecular weight excluding hydrogens is 323 g/mol. The van der Waals surface area contributed by atoms with Gasteiger partial charge in [-0.3, -0.25) is 0 Å². The Hall–Kier alpha value is -0.700. The summed E-state index contributed by atoms with van der Waals surface area (Å²) in [5, 5.41) is 1.00. The largest absolute Gasteiger partial charge is 0.486 e. The predicted octanol–water partition coefficient (Wildman–Crippen LogP) is 5.33. The van der Waals surface area contributed by atoms with Gasteiger partial charge in [0.05, 0.1) is 10.0 Å². The van der Waals surface area contributed by atoms with E-state index in [9.17, 15) is 0 Å². The highest BCUT2D eigenvalue weighted by Gasteiger charge is 2.10. The molecule has 0 N–H and O–H groups in total. The van der Waals surface area contributed by atoms with E-state index < -0.39 is 0 Å². The second-order valence-electron chi connectivity index (χ2n) is 3.45. The predicted molar refractivity (Wildman–Crippen MR) is 74.9 cm³/mol. The standard InChI is InChI=1S/C13H9BrCl2O/c14-10-6-7-11(15)13(12(10)16)17-8-9-4-2-1-3-5-9/h1-7H,8H2. The Morgan fingerprint density at radius 1 is 1.00 bits per heavy atom. The third-order valence-electron chi connectivity index (χ3n) is 2.23. The number of halogens is 3. The highest BCUT2D eigenvalue weighted by Crippen LogP contribution is 2.38. The van der Waals surface area contributed by atoms with Crippen LogP contribution in [0.1, 0.15) is 5.56 Å². The summed E-state index contributed by atoms with van der Waals surface area (Å²) in [7, 11) is 0. The molecule has 0 heterocycles. The second-order valence-corrected chi connectivity index (χ2v) is 5.09. The van der Waals surface area contributed by atoms with E-state index in [0.29, 0.717) is 22.4 Å². The molecule has 0 aliphatic heterocycles. The number of benzene rings is 2. The van der Waals surface area contributed by atoms with E-state index in [4.69, 9.17) is 27.9 Å². The van der Waals surface area contributed by atoms with Crippen molar-refractivity contribution in [1.82, 2.24) is 0 Å². The maximum Gasteiger partial charge on any atom is 0.158 e. The molecule has 0 bridgehead atoms. The summed E-state index contributed by atoms with van der Waals surface area (Å²) in [6, 6.07) is 13.4. The van der Waals surface area contributed by atoms with Gasteiger partial charge in [0.15, 0.2) is 5.75 Å². The first-order chi connectivity index (χ1) is 8.18. The molecule has 88 valence electrons. The molecule has 2 aromatic rings. The second kappa shape index (κ2) is 5.76. The number of hydrogen-bond donors (Lipinski definition) is 0. The first-order valence-corrected chi connectivity index (χ1v) is 6.53. The van der Waals surface area contributed by atoms with E-state index in [2.05, 4.69) is 15.9 Å². The number of rotatable bonds is 3. The van der Waals surface area contributed by atoms with Crippen molar-refractivity contribution >= 4 is 39.1 Å². The van der Waals surface area contributed by atoms with E-state index >= 15 is 0 Å². The Labute approximate surface area is 118 Å². The van der Waals surface area contributed by atoms with Crippen LogP contribution in [0.25, 0.3) is 0 Å². The van der Waals surface area contributed by atoms with Crippen molar-refractivity contribution in [1.29, 1.82) is 0 Å². The van der Waals surface area contributed by atoms with Gasteiger partial charge in [0, 0.05) is 4.47 Å². The van der Waals surface area contributed by atoms with Crippen molar-refractivity contribution < 1.29 is 4.74 Å². The Balaban J connectivity index is 2.17. The third-order valence-corrected chi connectivity index (χ3v) is 3.79. The van der Waals surface area contributed by atoms with Gasteiger partial charge in [-0.2, -0.15) is 0 Å². The van der Waals surface area contributed by atoms with Crippen molar-refractivity contribution in [2.24, 2.45) is 0 Å². The molecule has 4 heteroatoms. The smallest absolute Gasteiger partial charge is 0.158 e. The first kappa shape index (κ1) is 12.7. The van der Waals surface area contributed by atoms with Gasteiger partial charge >= 0.3 is 0 Å². The molecule has 0 aromatic heterocycles. The molecule has 0 aliphatic carbocycles. The summed E-state index contributed by atoms with van der Waals surface area (Å²) in [6.07, 6.45) is 0. The van der Waals surface area contributed by atoms with Crippen LogP contribution in [0.4, 0.5) is 0 Å². The zero-order chi connectivity index (χ0) is 12.3. The molecule has 2 aromatic carbocycles. The normalized spacial score (nSPS) is 10.3. The maximum atomic E-state index is 6.11. The van der Waals surface area contributed by atoms with Gasteiger partial charge in [-0.25, -0.2) is 0 Å². The monoisotopic (exact) mass is 330 g/mol. The van der Waals surface area contributed by atoms with Gasteiger partial charge in [0.25, 0.3) is 0 Å². The number of ether oxygens (including phenoxy) is 1. The van der Waals surface area contributed by atoms with Gasteiger partial charge in [0.2, 0.25) is 0 Å². The minimum Gasteiger partial charge on any atom is -0.486 e. The lowest BCUT2D eigenvalue weighted by Crippen LogP contribution is -1.96. The Kier molecular flexibility index (Phi) is 4.32. The summed E-state index contributed by atoms with van der Waals surface area (Å²) >= 11 is 15.5. The van der Waals surface area contributed by atoms with Crippen LogP contribution in [0, 0.1) is 0 Å². The molecule has 0 aliphatic rings. The Morgan fingerprint density at radius 3 is 2.41 bits per heavy atom. The third kappa shape index (κ3) is 3.15. The molecule has 0 unspecified atom stereocenters. The number of hydrogen-bond acceptors (Lipinski definition) is 1. The lowest BCUT2D eigenvalue weighted by Gasteiger charge is -2.10. The highest BCUT2D eigenvalue weighted by atomic mass is 79.9. The van der Waals surface area contributed by atoms with Crippen molar-refractivity contribution in [2.75, 3.05) is 0 Å². The van der Waals surface area contributed by atoms with Crippen LogP contribution in [0.5, 0.6) is 5.75 Å². The lowest BCUT2D eigenvalue weighted by atomic mass is 10.2. The molecule has 17 heavy (non-hydrogen) atoms. The summed E-state index contributed by atoms with van der Waals surface area (Å²) < 4.78 is 6.41. The zero-order valence-electron chi connectivity index (χ0n) is 8.79. The van der Waals surface area contributed by atoms with Crippen LogP contribution in [-0.4, -0.2) is 0 Å². The van der Waals surface area contributed by atoms with Crippen LogP contribution >= 0.6 is 39.1 Å².